The maximum Gasteiger partial charge on any atom is 0.179 e. The summed E-state index contributed by atoms with van der Waals surface area (Å²) in [6.45, 7) is 3.01. The molecule has 1 aromatic carbocycles. The Kier molecular flexibility index (Phi) is 5.11. The normalized spacial score (nSPS) is 22.7. The Morgan fingerprint density at radius 1 is 1.32 bits per heavy atom. The molecule has 1 aliphatic heterocycles. The van der Waals surface area contributed by atoms with Crippen LogP contribution in [-0.2, 0) is 0 Å². The van der Waals surface area contributed by atoms with Crippen molar-refractivity contribution in [1.29, 1.82) is 0 Å². The topological polar surface area (TPSA) is 40.5 Å². The molecule has 3 nitrogen and oxygen atoms in total. The monoisotopic (exact) mass is 261 g/mol. The van der Waals surface area contributed by atoms with E-state index in [1.165, 1.54) is 6.42 Å². The van der Waals surface area contributed by atoms with Crippen molar-refractivity contribution in [2.24, 2.45) is 0 Å². The summed E-state index contributed by atoms with van der Waals surface area (Å²) in [6.07, 6.45) is 4.44. The molecule has 1 heterocycles. The number of aliphatic hydroxyl groups excluding tert-OH is 1. The molecular weight excluding hydrogens is 238 g/mol. The molecular formula is C16H23NO2. The first-order valence-corrected chi connectivity index (χ1v) is 7.20. The van der Waals surface area contributed by atoms with Gasteiger partial charge in [0.25, 0.3) is 0 Å². The maximum absolute atomic E-state index is 12.5. The van der Waals surface area contributed by atoms with Crippen LogP contribution in [0.25, 0.3) is 0 Å². The Balaban J connectivity index is 2.12. The summed E-state index contributed by atoms with van der Waals surface area (Å²) in [4.78, 5) is 14.7. The number of rotatable bonds is 4. The molecule has 0 radical (unpaired) electrons. The zero-order valence-electron chi connectivity index (χ0n) is 11.6. The number of aliphatic hydroxyl groups is 1. The molecule has 1 saturated heterocycles. The van der Waals surface area contributed by atoms with Gasteiger partial charge in [-0.1, -0.05) is 43.2 Å². The van der Waals surface area contributed by atoms with Crippen molar-refractivity contribution < 1.29 is 9.90 Å². The van der Waals surface area contributed by atoms with Crippen molar-refractivity contribution in [3.8, 4) is 0 Å². The van der Waals surface area contributed by atoms with Gasteiger partial charge in [0, 0.05) is 11.6 Å². The lowest BCUT2D eigenvalue weighted by Gasteiger charge is -2.33. The molecule has 19 heavy (non-hydrogen) atoms. The van der Waals surface area contributed by atoms with Crippen LogP contribution < -0.4 is 0 Å². The third kappa shape index (κ3) is 3.43. The summed E-state index contributed by atoms with van der Waals surface area (Å²) < 4.78 is 0. The molecule has 3 heteroatoms. The van der Waals surface area contributed by atoms with Gasteiger partial charge in [0.1, 0.15) is 0 Å². The fourth-order valence-electron chi connectivity index (χ4n) is 2.90. The van der Waals surface area contributed by atoms with Crippen LogP contribution in [0.2, 0.25) is 0 Å². The first kappa shape index (κ1) is 14.2. The van der Waals surface area contributed by atoms with Crippen molar-refractivity contribution in [2.75, 3.05) is 13.2 Å². The number of ketones is 1. The highest BCUT2D eigenvalue weighted by atomic mass is 16.3. The first-order valence-electron chi connectivity index (χ1n) is 7.20. The molecule has 2 rings (SSSR count). The molecule has 0 saturated carbocycles. The lowest BCUT2D eigenvalue weighted by Crippen LogP contribution is -2.47. The lowest BCUT2D eigenvalue weighted by atomic mass is 10.0. The molecule has 104 valence electrons. The van der Waals surface area contributed by atoms with Crippen molar-refractivity contribution >= 4 is 5.78 Å². The van der Waals surface area contributed by atoms with E-state index in [2.05, 4.69) is 4.90 Å². The summed E-state index contributed by atoms with van der Waals surface area (Å²) in [7, 11) is 0. The standard InChI is InChI=1S/C16H23NO2/c1-13(16(19)14-8-4-2-5-9-14)17-11-7-3-6-10-15(17)12-18/h2,4-5,8-9,13,15,18H,3,6-7,10-12H2,1H3. The molecule has 0 aliphatic carbocycles. The predicted molar refractivity (Wildman–Crippen MR) is 76.3 cm³/mol. The van der Waals surface area contributed by atoms with E-state index < -0.39 is 0 Å². The summed E-state index contributed by atoms with van der Waals surface area (Å²) >= 11 is 0. The number of carbonyl (C=O) groups excluding carboxylic acids is 1. The molecule has 2 unspecified atom stereocenters. The molecule has 1 fully saturated rings. The number of nitrogens with zero attached hydrogens (tertiary/aromatic N) is 1. The van der Waals surface area contributed by atoms with E-state index in [4.69, 9.17) is 0 Å². The zero-order chi connectivity index (χ0) is 13.7. The SMILES string of the molecule is CC(C(=O)c1ccccc1)N1CCCCCC1CO. The van der Waals surface area contributed by atoms with E-state index in [1.54, 1.807) is 0 Å². The largest absolute Gasteiger partial charge is 0.395 e. The average molecular weight is 261 g/mol. The minimum Gasteiger partial charge on any atom is -0.395 e. The van der Waals surface area contributed by atoms with Crippen molar-refractivity contribution in [3.05, 3.63) is 35.9 Å². The van der Waals surface area contributed by atoms with Gasteiger partial charge in [0.15, 0.2) is 5.78 Å². The van der Waals surface area contributed by atoms with Gasteiger partial charge in [-0.05, 0) is 26.3 Å². The Bertz CT molecular complexity index is 404. The lowest BCUT2D eigenvalue weighted by molar-refractivity contribution is 0.0650. The second kappa shape index (κ2) is 6.83. The number of likely N-dealkylation sites (tertiary alicyclic amines) is 1. The van der Waals surface area contributed by atoms with Gasteiger partial charge >= 0.3 is 0 Å². The Morgan fingerprint density at radius 3 is 2.74 bits per heavy atom. The van der Waals surface area contributed by atoms with E-state index >= 15 is 0 Å². The van der Waals surface area contributed by atoms with E-state index in [0.717, 1.165) is 31.4 Å². The Morgan fingerprint density at radius 2 is 2.05 bits per heavy atom. The Labute approximate surface area is 115 Å². The molecule has 0 spiro atoms. The molecule has 0 aromatic heterocycles. The number of benzene rings is 1. The van der Waals surface area contributed by atoms with Gasteiger partial charge in [-0.3, -0.25) is 9.69 Å². The zero-order valence-corrected chi connectivity index (χ0v) is 11.6. The summed E-state index contributed by atoms with van der Waals surface area (Å²) in [5.41, 5.74) is 0.760. The quantitative estimate of drug-likeness (QED) is 0.847. The van der Waals surface area contributed by atoms with Crippen molar-refractivity contribution in [1.82, 2.24) is 4.90 Å². The Hall–Kier alpha value is -1.19. The second-order valence-electron chi connectivity index (χ2n) is 5.33. The minimum atomic E-state index is -0.155. The number of hydrogen-bond acceptors (Lipinski definition) is 3. The predicted octanol–water partition coefficient (Wildman–Crippen LogP) is 2.49. The molecule has 1 N–H and O–H groups in total. The van der Waals surface area contributed by atoms with Crippen LogP contribution in [0.3, 0.4) is 0 Å². The van der Waals surface area contributed by atoms with Crippen LogP contribution in [0, 0.1) is 0 Å². The summed E-state index contributed by atoms with van der Waals surface area (Å²) in [6, 6.07) is 9.42. The van der Waals surface area contributed by atoms with E-state index in [9.17, 15) is 9.90 Å². The van der Waals surface area contributed by atoms with E-state index in [1.807, 2.05) is 37.3 Å². The van der Waals surface area contributed by atoms with Gasteiger partial charge in [-0.2, -0.15) is 0 Å². The highest BCUT2D eigenvalue weighted by molar-refractivity contribution is 5.99. The van der Waals surface area contributed by atoms with Crippen LogP contribution in [0.1, 0.15) is 43.0 Å². The van der Waals surface area contributed by atoms with Gasteiger partial charge in [-0.25, -0.2) is 0 Å². The fourth-order valence-corrected chi connectivity index (χ4v) is 2.90. The fraction of sp³-hybridized carbons (Fsp3) is 0.562. The number of Topliss-reactive ketones (excluding diaryl/α,β-unsaturated/α-hetero) is 1. The highest BCUT2D eigenvalue weighted by Gasteiger charge is 2.29. The minimum absolute atomic E-state index is 0.130. The van der Waals surface area contributed by atoms with Gasteiger partial charge < -0.3 is 5.11 Å². The summed E-state index contributed by atoms with van der Waals surface area (Å²) in [5.74, 6) is 0.154. The van der Waals surface area contributed by atoms with Crippen LogP contribution in [0.5, 0.6) is 0 Å². The number of carbonyl (C=O) groups is 1. The van der Waals surface area contributed by atoms with Crippen LogP contribution in [0.15, 0.2) is 30.3 Å². The molecule has 0 amide bonds. The van der Waals surface area contributed by atoms with Crippen molar-refractivity contribution in [3.63, 3.8) is 0 Å². The van der Waals surface area contributed by atoms with Gasteiger partial charge in [0.05, 0.1) is 12.6 Å². The highest BCUT2D eigenvalue weighted by Crippen LogP contribution is 2.20. The smallest absolute Gasteiger partial charge is 0.179 e. The third-order valence-corrected chi connectivity index (χ3v) is 4.07. The number of hydrogen-bond donors (Lipinski definition) is 1. The van der Waals surface area contributed by atoms with Gasteiger partial charge in [-0.15, -0.1) is 0 Å². The third-order valence-electron chi connectivity index (χ3n) is 4.07. The van der Waals surface area contributed by atoms with Crippen LogP contribution in [-0.4, -0.2) is 41.0 Å². The van der Waals surface area contributed by atoms with Gasteiger partial charge in [0.2, 0.25) is 0 Å². The maximum atomic E-state index is 12.5. The van der Waals surface area contributed by atoms with Crippen molar-refractivity contribution in [2.45, 2.75) is 44.7 Å². The average Bonchev–Trinajstić information content (AvgIpc) is 2.71. The molecule has 1 aromatic rings. The van der Waals surface area contributed by atoms with E-state index in [0.29, 0.717) is 0 Å². The summed E-state index contributed by atoms with van der Waals surface area (Å²) in [5, 5.41) is 9.53. The molecule has 2 atom stereocenters. The molecule has 1 aliphatic rings. The molecule has 0 bridgehead atoms. The first-order chi connectivity index (χ1) is 9.24. The van der Waals surface area contributed by atoms with Crippen LogP contribution >= 0.6 is 0 Å². The van der Waals surface area contributed by atoms with E-state index in [-0.39, 0.29) is 24.5 Å². The van der Waals surface area contributed by atoms with Crippen LogP contribution in [0.4, 0.5) is 0 Å². The second-order valence-corrected chi connectivity index (χ2v) is 5.33.